The monoisotopic (exact) mass is 190 g/mol. The van der Waals surface area contributed by atoms with Crippen LogP contribution in [0.4, 0.5) is 0 Å². The number of carbonyl (C=O) groups excluding carboxylic acids is 1. The molecule has 0 bridgehead atoms. The van der Waals surface area contributed by atoms with Gasteiger partial charge in [-0.1, -0.05) is 0 Å². The fraction of sp³-hybridized carbons (Fsp3) is 0.875. The minimum atomic E-state index is -1.63. The number of hydrogen-bond acceptors (Lipinski definition) is 5. The first-order chi connectivity index (χ1) is 5.99. The SMILES string of the molecule is COC(=O)[C@]1(O)CC[C@@H](O)[C@H](O)C1. The van der Waals surface area contributed by atoms with Crippen molar-refractivity contribution in [3.05, 3.63) is 0 Å². The summed E-state index contributed by atoms with van der Waals surface area (Å²) in [6.07, 6.45) is -1.76. The summed E-state index contributed by atoms with van der Waals surface area (Å²) >= 11 is 0. The van der Waals surface area contributed by atoms with Gasteiger partial charge in [0, 0.05) is 6.42 Å². The molecule has 1 aliphatic carbocycles. The van der Waals surface area contributed by atoms with E-state index in [-0.39, 0.29) is 19.3 Å². The van der Waals surface area contributed by atoms with E-state index in [0.29, 0.717) is 0 Å². The van der Waals surface area contributed by atoms with Gasteiger partial charge >= 0.3 is 5.97 Å². The molecule has 0 unspecified atom stereocenters. The van der Waals surface area contributed by atoms with Crippen LogP contribution in [0.15, 0.2) is 0 Å². The molecule has 3 atom stereocenters. The number of carbonyl (C=O) groups is 1. The molecule has 13 heavy (non-hydrogen) atoms. The van der Waals surface area contributed by atoms with Crippen molar-refractivity contribution in [3.63, 3.8) is 0 Å². The molecule has 1 fully saturated rings. The van der Waals surface area contributed by atoms with Crippen LogP contribution in [0.2, 0.25) is 0 Å². The van der Waals surface area contributed by atoms with Gasteiger partial charge in [-0.25, -0.2) is 4.79 Å². The lowest BCUT2D eigenvalue weighted by molar-refractivity contribution is -0.175. The quantitative estimate of drug-likeness (QED) is 0.452. The van der Waals surface area contributed by atoms with E-state index in [4.69, 9.17) is 5.11 Å². The molecule has 0 aromatic rings. The molecular formula is C8H14O5. The maximum Gasteiger partial charge on any atom is 0.337 e. The van der Waals surface area contributed by atoms with Crippen molar-refractivity contribution < 1.29 is 24.9 Å². The number of aliphatic hydroxyl groups is 3. The van der Waals surface area contributed by atoms with Crippen LogP contribution in [-0.4, -0.2) is 46.2 Å². The Labute approximate surface area is 75.9 Å². The van der Waals surface area contributed by atoms with Gasteiger partial charge in [0.2, 0.25) is 0 Å². The highest BCUT2D eigenvalue weighted by atomic mass is 16.5. The molecule has 5 heteroatoms. The van der Waals surface area contributed by atoms with Gasteiger partial charge in [0.25, 0.3) is 0 Å². The van der Waals surface area contributed by atoms with E-state index in [1.165, 1.54) is 7.11 Å². The van der Waals surface area contributed by atoms with E-state index >= 15 is 0 Å². The van der Waals surface area contributed by atoms with Crippen LogP contribution < -0.4 is 0 Å². The Morgan fingerprint density at radius 2 is 2.08 bits per heavy atom. The summed E-state index contributed by atoms with van der Waals surface area (Å²) in [6.45, 7) is 0. The van der Waals surface area contributed by atoms with E-state index in [9.17, 15) is 15.0 Å². The Hall–Kier alpha value is -0.650. The third-order valence-electron chi connectivity index (χ3n) is 2.41. The van der Waals surface area contributed by atoms with Crippen molar-refractivity contribution in [2.24, 2.45) is 0 Å². The topological polar surface area (TPSA) is 87.0 Å². The summed E-state index contributed by atoms with van der Waals surface area (Å²) in [5.41, 5.74) is -1.63. The second-order valence-corrected chi connectivity index (χ2v) is 3.40. The fourth-order valence-corrected chi connectivity index (χ4v) is 1.54. The van der Waals surface area contributed by atoms with Crippen LogP contribution in [0.25, 0.3) is 0 Å². The maximum absolute atomic E-state index is 11.1. The molecule has 0 aliphatic heterocycles. The summed E-state index contributed by atoms with van der Waals surface area (Å²) in [5.74, 6) is -0.751. The first-order valence-corrected chi connectivity index (χ1v) is 4.16. The smallest absolute Gasteiger partial charge is 0.337 e. The lowest BCUT2D eigenvalue weighted by Crippen LogP contribution is -2.50. The van der Waals surface area contributed by atoms with Gasteiger partial charge in [-0.05, 0) is 12.8 Å². The summed E-state index contributed by atoms with van der Waals surface area (Å²) in [5, 5.41) is 28.1. The maximum atomic E-state index is 11.1. The minimum absolute atomic E-state index is 0.123. The standard InChI is InChI=1S/C8H14O5/c1-13-7(11)8(12)3-2-5(9)6(10)4-8/h5-6,9-10,12H,2-4H2,1H3/t5-,6-,8+/m1/s1. The Morgan fingerprint density at radius 1 is 1.46 bits per heavy atom. The molecule has 0 saturated heterocycles. The van der Waals surface area contributed by atoms with Gasteiger partial charge in [0.15, 0.2) is 5.60 Å². The predicted molar refractivity (Wildman–Crippen MR) is 42.8 cm³/mol. The lowest BCUT2D eigenvalue weighted by Gasteiger charge is -2.34. The van der Waals surface area contributed by atoms with Crippen molar-refractivity contribution in [1.29, 1.82) is 0 Å². The number of ether oxygens (including phenoxy) is 1. The fourth-order valence-electron chi connectivity index (χ4n) is 1.54. The zero-order valence-electron chi connectivity index (χ0n) is 7.43. The van der Waals surface area contributed by atoms with Crippen LogP contribution in [0, 0.1) is 0 Å². The number of aliphatic hydroxyl groups excluding tert-OH is 2. The average Bonchev–Trinajstić information content (AvgIpc) is 2.11. The van der Waals surface area contributed by atoms with Gasteiger partial charge in [-0.15, -0.1) is 0 Å². The van der Waals surface area contributed by atoms with Crippen LogP contribution >= 0.6 is 0 Å². The van der Waals surface area contributed by atoms with Crippen LogP contribution in [0.1, 0.15) is 19.3 Å². The number of methoxy groups -OCH3 is 1. The van der Waals surface area contributed by atoms with Crippen molar-refractivity contribution in [2.75, 3.05) is 7.11 Å². The molecule has 1 rings (SSSR count). The third-order valence-corrected chi connectivity index (χ3v) is 2.41. The van der Waals surface area contributed by atoms with Gasteiger partial charge < -0.3 is 20.1 Å². The number of hydrogen-bond donors (Lipinski definition) is 3. The third kappa shape index (κ3) is 1.99. The highest BCUT2D eigenvalue weighted by Crippen LogP contribution is 2.29. The highest BCUT2D eigenvalue weighted by molar-refractivity contribution is 5.79. The summed E-state index contributed by atoms with van der Waals surface area (Å²) in [6, 6.07) is 0. The van der Waals surface area contributed by atoms with E-state index in [1.807, 2.05) is 0 Å². The van der Waals surface area contributed by atoms with E-state index in [2.05, 4.69) is 4.74 Å². The van der Waals surface area contributed by atoms with E-state index in [1.54, 1.807) is 0 Å². The molecule has 5 nitrogen and oxygen atoms in total. The van der Waals surface area contributed by atoms with Gasteiger partial charge in [0.1, 0.15) is 0 Å². The molecule has 1 aliphatic rings. The molecule has 0 aromatic carbocycles. The van der Waals surface area contributed by atoms with Crippen LogP contribution in [-0.2, 0) is 9.53 Å². The molecule has 76 valence electrons. The lowest BCUT2D eigenvalue weighted by atomic mass is 9.81. The second kappa shape index (κ2) is 3.61. The first kappa shape index (κ1) is 10.4. The molecule has 0 aromatic heterocycles. The molecule has 3 N–H and O–H groups in total. The normalized spacial score (nSPS) is 40.0. The van der Waals surface area contributed by atoms with Crippen LogP contribution in [0.5, 0.6) is 0 Å². The Morgan fingerprint density at radius 3 is 2.54 bits per heavy atom. The summed E-state index contributed by atoms with van der Waals surface area (Å²) < 4.78 is 4.39. The van der Waals surface area contributed by atoms with Crippen molar-refractivity contribution >= 4 is 5.97 Å². The minimum Gasteiger partial charge on any atom is -0.467 e. The zero-order valence-corrected chi connectivity index (χ0v) is 7.43. The van der Waals surface area contributed by atoms with Gasteiger partial charge in [-0.3, -0.25) is 0 Å². The molecular weight excluding hydrogens is 176 g/mol. The molecule has 0 radical (unpaired) electrons. The molecule has 1 saturated carbocycles. The Bertz CT molecular complexity index is 205. The summed E-state index contributed by atoms with van der Waals surface area (Å²) in [4.78, 5) is 11.1. The van der Waals surface area contributed by atoms with Crippen molar-refractivity contribution in [2.45, 2.75) is 37.1 Å². The van der Waals surface area contributed by atoms with E-state index < -0.39 is 23.8 Å². The molecule has 0 amide bonds. The Kier molecular flexibility index (Phi) is 2.90. The van der Waals surface area contributed by atoms with Crippen molar-refractivity contribution in [1.82, 2.24) is 0 Å². The van der Waals surface area contributed by atoms with Gasteiger partial charge in [-0.2, -0.15) is 0 Å². The molecule has 0 spiro atoms. The first-order valence-electron chi connectivity index (χ1n) is 4.16. The number of esters is 1. The zero-order chi connectivity index (χ0) is 10.1. The number of rotatable bonds is 1. The highest BCUT2D eigenvalue weighted by Gasteiger charge is 2.44. The largest absolute Gasteiger partial charge is 0.467 e. The van der Waals surface area contributed by atoms with Crippen molar-refractivity contribution in [3.8, 4) is 0 Å². The second-order valence-electron chi connectivity index (χ2n) is 3.40. The van der Waals surface area contributed by atoms with Crippen LogP contribution in [0.3, 0.4) is 0 Å². The average molecular weight is 190 g/mol. The Balaban J connectivity index is 2.66. The molecule has 0 heterocycles. The summed E-state index contributed by atoms with van der Waals surface area (Å²) in [7, 11) is 1.18. The predicted octanol–water partition coefficient (Wildman–Crippen LogP) is -1.20. The van der Waals surface area contributed by atoms with Gasteiger partial charge in [0.05, 0.1) is 19.3 Å². The van der Waals surface area contributed by atoms with E-state index in [0.717, 1.165) is 0 Å².